The maximum atomic E-state index is 11.9. The molecule has 0 atom stereocenters. The van der Waals surface area contributed by atoms with Crippen LogP contribution in [0, 0.1) is 0 Å². The molecule has 0 aliphatic rings. The van der Waals surface area contributed by atoms with Crippen LogP contribution in [-0.4, -0.2) is 12.2 Å². The maximum Gasteiger partial charge on any atom is 0.239 e. The molecule has 1 rings (SSSR count). The van der Waals surface area contributed by atoms with Crippen LogP contribution in [0.1, 0.15) is 24.5 Å². The lowest BCUT2D eigenvalue weighted by Crippen LogP contribution is -1.97. The molecule has 0 aliphatic carbocycles. The van der Waals surface area contributed by atoms with Crippen molar-refractivity contribution in [3.63, 3.8) is 0 Å². The van der Waals surface area contributed by atoms with E-state index in [1.54, 1.807) is 12.1 Å². The van der Waals surface area contributed by atoms with Gasteiger partial charge in [-0.15, -0.1) is 0 Å². The summed E-state index contributed by atoms with van der Waals surface area (Å²) in [4.78, 5) is 10.8. The number of hydrogen-bond acceptors (Lipinski definition) is 1. The summed E-state index contributed by atoms with van der Waals surface area (Å²) in [7, 11) is 0. The average molecular weight is 212 g/mol. The molecule has 0 fully saturated rings. The second-order valence-corrected chi connectivity index (χ2v) is 3.63. The number of aryl methyl sites for hydroxylation is 1. The van der Waals surface area contributed by atoms with Crippen molar-refractivity contribution >= 4 is 5.78 Å². The fraction of sp³-hybridized carbons (Fsp3) is 0.417. The Morgan fingerprint density at radius 1 is 1.20 bits per heavy atom. The molecule has 3 heteroatoms. The summed E-state index contributed by atoms with van der Waals surface area (Å²) in [5.74, 6) is 0.107. The van der Waals surface area contributed by atoms with Crippen molar-refractivity contribution in [2.75, 3.05) is 0 Å². The van der Waals surface area contributed by atoms with Crippen molar-refractivity contribution in [2.45, 2.75) is 32.6 Å². The van der Waals surface area contributed by atoms with E-state index in [0.29, 0.717) is 12.8 Å². The van der Waals surface area contributed by atoms with Gasteiger partial charge >= 0.3 is 0 Å². The van der Waals surface area contributed by atoms with E-state index in [1.165, 1.54) is 6.92 Å². The first kappa shape index (κ1) is 11.8. The highest BCUT2D eigenvalue weighted by atomic mass is 19.3. The number of carbonyl (C=O) groups is 1. The fourth-order valence-electron chi connectivity index (χ4n) is 1.39. The summed E-state index contributed by atoms with van der Waals surface area (Å²) < 4.78 is 23.9. The third-order valence-electron chi connectivity index (χ3n) is 2.13. The number of ketones is 1. The second-order valence-electron chi connectivity index (χ2n) is 3.63. The Morgan fingerprint density at radius 2 is 1.73 bits per heavy atom. The Labute approximate surface area is 88.1 Å². The normalized spacial score (nSPS) is 10.7. The van der Waals surface area contributed by atoms with E-state index in [2.05, 4.69) is 0 Å². The molecule has 1 aromatic carbocycles. The van der Waals surface area contributed by atoms with Crippen molar-refractivity contribution in [3.8, 4) is 0 Å². The molecule has 0 aromatic heterocycles. The Morgan fingerprint density at radius 3 is 2.20 bits per heavy atom. The monoisotopic (exact) mass is 212 g/mol. The first-order valence-electron chi connectivity index (χ1n) is 4.93. The van der Waals surface area contributed by atoms with Gasteiger partial charge in [0, 0.05) is 12.8 Å². The molecule has 0 amide bonds. The molecule has 0 heterocycles. The van der Waals surface area contributed by atoms with Crippen LogP contribution in [0.2, 0.25) is 0 Å². The fourth-order valence-corrected chi connectivity index (χ4v) is 1.39. The van der Waals surface area contributed by atoms with Crippen molar-refractivity contribution in [2.24, 2.45) is 0 Å². The highest BCUT2D eigenvalue weighted by Crippen LogP contribution is 2.10. The van der Waals surface area contributed by atoms with E-state index in [9.17, 15) is 13.6 Å². The molecule has 0 unspecified atom stereocenters. The Balaban J connectivity index is 2.52. The molecule has 1 aromatic rings. The minimum atomic E-state index is -2.25. The number of rotatable bonds is 5. The van der Waals surface area contributed by atoms with Crippen LogP contribution in [0.5, 0.6) is 0 Å². The summed E-state index contributed by atoms with van der Waals surface area (Å²) in [6.07, 6.45) is -1.55. The molecule has 82 valence electrons. The highest BCUT2D eigenvalue weighted by Gasteiger charge is 2.03. The maximum absolute atomic E-state index is 11.9. The largest absolute Gasteiger partial charge is 0.300 e. The lowest BCUT2D eigenvalue weighted by molar-refractivity contribution is -0.116. The standard InChI is InChI=1S/C12H14F2O/c1-9(15)8-11-4-2-10(3-5-11)6-7-12(13)14/h2-5,12H,6-8H2,1H3. The van der Waals surface area contributed by atoms with E-state index in [0.717, 1.165) is 11.1 Å². The zero-order valence-corrected chi connectivity index (χ0v) is 8.67. The zero-order chi connectivity index (χ0) is 11.3. The number of halogens is 2. The van der Waals surface area contributed by atoms with Crippen LogP contribution < -0.4 is 0 Å². The highest BCUT2D eigenvalue weighted by molar-refractivity contribution is 5.78. The van der Waals surface area contributed by atoms with Gasteiger partial charge < -0.3 is 0 Å². The Bertz CT molecular complexity index is 317. The van der Waals surface area contributed by atoms with E-state index in [4.69, 9.17) is 0 Å². The lowest BCUT2D eigenvalue weighted by Gasteiger charge is -2.02. The van der Waals surface area contributed by atoms with Gasteiger partial charge in [-0.1, -0.05) is 24.3 Å². The van der Waals surface area contributed by atoms with Gasteiger partial charge in [0.15, 0.2) is 0 Å². The number of Topliss-reactive ketones (excluding diaryl/α,β-unsaturated/α-hetero) is 1. The summed E-state index contributed by atoms with van der Waals surface area (Å²) in [6, 6.07) is 7.26. The first-order valence-corrected chi connectivity index (χ1v) is 4.93. The van der Waals surface area contributed by atoms with Crippen LogP contribution in [0.3, 0.4) is 0 Å². The minimum Gasteiger partial charge on any atom is -0.300 e. The van der Waals surface area contributed by atoms with E-state index in [1.807, 2.05) is 12.1 Å². The third-order valence-corrected chi connectivity index (χ3v) is 2.13. The predicted molar refractivity (Wildman–Crippen MR) is 55.2 cm³/mol. The van der Waals surface area contributed by atoms with Crippen molar-refractivity contribution < 1.29 is 13.6 Å². The number of carbonyl (C=O) groups excluding carboxylic acids is 1. The molecular weight excluding hydrogens is 198 g/mol. The third kappa shape index (κ3) is 4.68. The van der Waals surface area contributed by atoms with Crippen LogP contribution in [-0.2, 0) is 17.6 Å². The molecular formula is C12H14F2O. The topological polar surface area (TPSA) is 17.1 Å². The van der Waals surface area contributed by atoms with Crippen LogP contribution in [0.25, 0.3) is 0 Å². The molecule has 0 saturated carbocycles. The van der Waals surface area contributed by atoms with E-state index in [-0.39, 0.29) is 12.2 Å². The molecule has 0 bridgehead atoms. The summed E-state index contributed by atoms with van der Waals surface area (Å²) in [5, 5.41) is 0. The molecule has 0 N–H and O–H groups in total. The molecule has 0 saturated heterocycles. The van der Waals surface area contributed by atoms with Gasteiger partial charge in [-0.05, 0) is 24.5 Å². The van der Waals surface area contributed by atoms with Crippen molar-refractivity contribution in [1.82, 2.24) is 0 Å². The molecule has 0 spiro atoms. The zero-order valence-electron chi connectivity index (χ0n) is 8.67. The molecule has 0 aliphatic heterocycles. The van der Waals surface area contributed by atoms with Crippen LogP contribution in [0.15, 0.2) is 24.3 Å². The molecule has 0 radical (unpaired) electrons. The van der Waals surface area contributed by atoms with Gasteiger partial charge in [0.25, 0.3) is 0 Å². The lowest BCUT2D eigenvalue weighted by atomic mass is 10.0. The van der Waals surface area contributed by atoms with E-state index < -0.39 is 6.43 Å². The van der Waals surface area contributed by atoms with Crippen molar-refractivity contribution in [1.29, 1.82) is 0 Å². The summed E-state index contributed by atoms with van der Waals surface area (Å²) >= 11 is 0. The number of alkyl halides is 2. The summed E-state index contributed by atoms with van der Waals surface area (Å²) in [6.45, 7) is 1.53. The van der Waals surface area contributed by atoms with Gasteiger partial charge in [-0.25, -0.2) is 8.78 Å². The summed E-state index contributed by atoms with van der Waals surface area (Å²) in [5.41, 5.74) is 1.82. The smallest absolute Gasteiger partial charge is 0.239 e. The van der Waals surface area contributed by atoms with Gasteiger partial charge in [-0.3, -0.25) is 4.79 Å². The SMILES string of the molecule is CC(=O)Cc1ccc(CCC(F)F)cc1. The van der Waals surface area contributed by atoms with Gasteiger partial charge in [0.1, 0.15) is 5.78 Å². The molecule has 1 nitrogen and oxygen atoms in total. The van der Waals surface area contributed by atoms with Gasteiger partial charge in [0.2, 0.25) is 6.43 Å². The quantitative estimate of drug-likeness (QED) is 0.733. The van der Waals surface area contributed by atoms with Crippen molar-refractivity contribution in [3.05, 3.63) is 35.4 Å². The predicted octanol–water partition coefficient (Wildman–Crippen LogP) is 3.02. The number of hydrogen-bond donors (Lipinski definition) is 0. The Kier molecular flexibility index (Phi) is 4.40. The number of benzene rings is 1. The van der Waals surface area contributed by atoms with Gasteiger partial charge in [-0.2, -0.15) is 0 Å². The first-order chi connectivity index (χ1) is 7.08. The Hall–Kier alpha value is -1.25. The minimum absolute atomic E-state index is 0.105. The second kappa shape index (κ2) is 5.59. The average Bonchev–Trinajstić information content (AvgIpc) is 2.16. The van der Waals surface area contributed by atoms with Gasteiger partial charge in [0.05, 0.1) is 0 Å². The van der Waals surface area contributed by atoms with Crippen LogP contribution in [0.4, 0.5) is 8.78 Å². The van der Waals surface area contributed by atoms with Crippen LogP contribution >= 0.6 is 0 Å². The molecule has 15 heavy (non-hydrogen) atoms. The van der Waals surface area contributed by atoms with E-state index >= 15 is 0 Å².